The lowest BCUT2D eigenvalue weighted by molar-refractivity contribution is -0.122. The molecule has 2 aromatic rings. The van der Waals surface area contributed by atoms with Crippen LogP contribution >= 0.6 is 0 Å². The molecule has 1 fully saturated rings. The molecule has 1 aliphatic heterocycles. The van der Waals surface area contributed by atoms with Crippen LogP contribution in [0.1, 0.15) is 24.0 Å². The maximum Gasteiger partial charge on any atom is 0.234 e. The van der Waals surface area contributed by atoms with Crippen molar-refractivity contribution in [2.75, 3.05) is 6.54 Å². The van der Waals surface area contributed by atoms with Gasteiger partial charge in [0.1, 0.15) is 12.4 Å². The number of ether oxygens (including phenoxy) is 1. The number of benzene rings is 1. The van der Waals surface area contributed by atoms with Gasteiger partial charge in [-0.25, -0.2) is 0 Å². The van der Waals surface area contributed by atoms with Crippen LogP contribution < -0.4 is 10.5 Å². The smallest absolute Gasteiger partial charge is 0.234 e. The summed E-state index contributed by atoms with van der Waals surface area (Å²) in [5.74, 6) is 0.601. The number of hydrogen-bond donors (Lipinski definition) is 1. The molecule has 0 bridgehead atoms. The van der Waals surface area contributed by atoms with E-state index in [0.29, 0.717) is 6.61 Å². The number of hydrogen-bond acceptors (Lipinski definition) is 4. The van der Waals surface area contributed by atoms with Crippen LogP contribution in [-0.2, 0) is 17.9 Å². The van der Waals surface area contributed by atoms with Crippen molar-refractivity contribution >= 4 is 5.91 Å². The molecular weight excluding hydrogens is 290 g/mol. The van der Waals surface area contributed by atoms with Crippen molar-refractivity contribution in [1.82, 2.24) is 9.88 Å². The zero-order valence-electron chi connectivity index (χ0n) is 13.0. The molecule has 120 valence electrons. The van der Waals surface area contributed by atoms with Gasteiger partial charge < -0.3 is 10.5 Å². The largest absolute Gasteiger partial charge is 0.489 e. The van der Waals surface area contributed by atoms with Gasteiger partial charge in [-0.2, -0.15) is 0 Å². The molecule has 1 aromatic heterocycles. The van der Waals surface area contributed by atoms with Gasteiger partial charge in [-0.05, 0) is 43.1 Å². The van der Waals surface area contributed by atoms with Gasteiger partial charge >= 0.3 is 0 Å². The zero-order chi connectivity index (χ0) is 16.1. The lowest BCUT2D eigenvalue weighted by Gasteiger charge is -2.21. The monoisotopic (exact) mass is 311 g/mol. The third-order valence-corrected chi connectivity index (χ3v) is 4.13. The van der Waals surface area contributed by atoms with E-state index in [4.69, 9.17) is 10.5 Å². The number of pyridine rings is 1. The number of aromatic nitrogens is 1. The molecule has 0 spiro atoms. The van der Waals surface area contributed by atoms with Crippen molar-refractivity contribution in [3.8, 4) is 5.75 Å². The second-order valence-corrected chi connectivity index (χ2v) is 5.82. The average Bonchev–Trinajstić information content (AvgIpc) is 3.04. The predicted molar refractivity (Wildman–Crippen MR) is 87.6 cm³/mol. The lowest BCUT2D eigenvalue weighted by Crippen LogP contribution is -2.39. The van der Waals surface area contributed by atoms with Crippen LogP contribution in [-0.4, -0.2) is 28.4 Å². The van der Waals surface area contributed by atoms with Crippen molar-refractivity contribution in [3.63, 3.8) is 0 Å². The second kappa shape index (κ2) is 7.24. The van der Waals surface area contributed by atoms with Crippen LogP contribution in [0.15, 0.2) is 48.8 Å². The summed E-state index contributed by atoms with van der Waals surface area (Å²) in [6, 6.07) is 11.7. The van der Waals surface area contributed by atoms with Crippen LogP contribution in [0.3, 0.4) is 0 Å². The van der Waals surface area contributed by atoms with Crippen molar-refractivity contribution in [2.45, 2.75) is 32.0 Å². The molecule has 1 aromatic carbocycles. The number of carbonyl (C=O) groups excluding carboxylic acids is 1. The van der Waals surface area contributed by atoms with E-state index in [1.807, 2.05) is 36.4 Å². The minimum absolute atomic E-state index is 0.128. The molecule has 1 amide bonds. The molecule has 23 heavy (non-hydrogen) atoms. The first-order valence-corrected chi connectivity index (χ1v) is 7.86. The van der Waals surface area contributed by atoms with E-state index in [0.717, 1.165) is 42.8 Å². The van der Waals surface area contributed by atoms with Gasteiger partial charge in [0, 0.05) is 24.5 Å². The maximum atomic E-state index is 11.4. The number of amides is 1. The fourth-order valence-electron chi connectivity index (χ4n) is 2.91. The minimum Gasteiger partial charge on any atom is -0.489 e. The molecule has 1 saturated heterocycles. The normalized spacial score (nSPS) is 18.0. The van der Waals surface area contributed by atoms with Gasteiger partial charge in [-0.15, -0.1) is 0 Å². The highest BCUT2D eigenvalue weighted by molar-refractivity contribution is 5.80. The first kappa shape index (κ1) is 15.5. The molecule has 0 radical (unpaired) electrons. The number of nitrogens with two attached hydrogens (primary N) is 1. The van der Waals surface area contributed by atoms with E-state index in [9.17, 15) is 4.79 Å². The Labute approximate surface area is 136 Å². The Bertz CT molecular complexity index is 643. The molecule has 1 atom stereocenters. The molecule has 3 rings (SSSR count). The molecular formula is C18H21N3O2. The van der Waals surface area contributed by atoms with Crippen molar-refractivity contribution in [3.05, 3.63) is 59.9 Å². The Kier molecular flexibility index (Phi) is 4.88. The highest BCUT2D eigenvalue weighted by Crippen LogP contribution is 2.21. The third kappa shape index (κ3) is 4.07. The molecule has 0 aliphatic carbocycles. The summed E-state index contributed by atoms with van der Waals surface area (Å²) in [5, 5.41) is 0. The second-order valence-electron chi connectivity index (χ2n) is 5.82. The Morgan fingerprint density at radius 2 is 2.09 bits per heavy atom. The highest BCUT2D eigenvalue weighted by atomic mass is 16.5. The van der Waals surface area contributed by atoms with Crippen LogP contribution in [0, 0.1) is 0 Å². The average molecular weight is 311 g/mol. The van der Waals surface area contributed by atoms with E-state index in [1.54, 1.807) is 12.4 Å². The summed E-state index contributed by atoms with van der Waals surface area (Å²) >= 11 is 0. The number of rotatable bonds is 6. The van der Waals surface area contributed by atoms with Gasteiger partial charge in [0.15, 0.2) is 0 Å². The molecule has 5 heteroatoms. The van der Waals surface area contributed by atoms with Gasteiger partial charge in [-0.1, -0.05) is 18.2 Å². The van der Waals surface area contributed by atoms with Crippen LogP contribution in [0.25, 0.3) is 0 Å². The first-order valence-electron chi connectivity index (χ1n) is 7.86. The van der Waals surface area contributed by atoms with Gasteiger partial charge in [0.25, 0.3) is 0 Å². The summed E-state index contributed by atoms with van der Waals surface area (Å²) in [7, 11) is 0. The molecule has 1 aliphatic rings. The predicted octanol–water partition coefficient (Wildman–Crippen LogP) is 2.11. The summed E-state index contributed by atoms with van der Waals surface area (Å²) < 4.78 is 5.75. The number of primary amides is 1. The summed E-state index contributed by atoms with van der Waals surface area (Å²) in [4.78, 5) is 17.6. The Morgan fingerprint density at radius 1 is 1.26 bits per heavy atom. The SMILES string of the molecule is NC(=O)[C@@H]1CCCN1Cc1ccc(OCc2cccnc2)cc1. The van der Waals surface area contributed by atoms with Crippen molar-refractivity contribution in [2.24, 2.45) is 5.73 Å². The topological polar surface area (TPSA) is 68.5 Å². The van der Waals surface area contributed by atoms with Crippen LogP contribution in [0.2, 0.25) is 0 Å². The van der Waals surface area contributed by atoms with E-state index < -0.39 is 0 Å². The summed E-state index contributed by atoms with van der Waals surface area (Å²) in [5.41, 5.74) is 7.65. The van der Waals surface area contributed by atoms with Crippen molar-refractivity contribution in [1.29, 1.82) is 0 Å². The molecule has 0 saturated carbocycles. The fourth-order valence-corrected chi connectivity index (χ4v) is 2.91. The third-order valence-electron chi connectivity index (χ3n) is 4.13. The molecule has 2 heterocycles. The van der Waals surface area contributed by atoms with E-state index in [-0.39, 0.29) is 11.9 Å². The standard InChI is InChI=1S/C18H21N3O2/c19-18(22)17-4-2-10-21(17)12-14-5-7-16(8-6-14)23-13-15-3-1-9-20-11-15/h1,3,5-9,11,17H,2,4,10,12-13H2,(H2,19,22)/t17-/m0/s1. The minimum atomic E-state index is -0.223. The van der Waals surface area contributed by atoms with Crippen LogP contribution in [0.5, 0.6) is 5.75 Å². The quantitative estimate of drug-likeness (QED) is 0.887. The summed E-state index contributed by atoms with van der Waals surface area (Å²) in [6.07, 6.45) is 5.43. The van der Waals surface area contributed by atoms with Crippen molar-refractivity contribution < 1.29 is 9.53 Å². The Balaban J connectivity index is 1.56. The Morgan fingerprint density at radius 3 is 2.78 bits per heavy atom. The van der Waals surface area contributed by atoms with E-state index in [1.165, 1.54) is 0 Å². The van der Waals surface area contributed by atoms with E-state index >= 15 is 0 Å². The van der Waals surface area contributed by atoms with Gasteiger partial charge in [0.2, 0.25) is 5.91 Å². The molecule has 5 nitrogen and oxygen atoms in total. The maximum absolute atomic E-state index is 11.4. The fraction of sp³-hybridized carbons (Fsp3) is 0.333. The number of carbonyl (C=O) groups is 1. The Hall–Kier alpha value is -2.40. The highest BCUT2D eigenvalue weighted by Gasteiger charge is 2.28. The lowest BCUT2D eigenvalue weighted by atomic mass is 10.1. The molecule has 2 N–H and O–H groups in total. The summed E-state index contributed by atoms with van der Waals surface area (Å²) in [6.45, 7) is 2.17. The van der Waals surface area contributed by atoms with Crippen LogP contribution in [0.4, 0.5) is 0 Å². The van der Waals surface area contributed by atoms with Gasteiger partial charge in [-0.3, -0.25) is 14.7 Å². The zero-order valence-corrected chi connectivity index (χ0v) is 13.0. The number of likely N-dealkylation sites (tertiary alicyclic amines) is 1. The van der Waals surface area contributed by atoms with E-state index in [2.05, 4.69) is 9.88 Å². The van der Waals surface area contributed by atoms with Gasteiger partial charge in [0.05, 0.1) is 6.04 Å². The molecule has 0 unspecified atom stereocenters. The first-order chi connectivity index (χ1) is 11.2. The number of nitrogens with zero attached hydrogens (tertiary/aromatic N) is 2.